The van der Waals surface area contributed by atoms with E-state index in [9.17, 15) is 18.6 Å². The molecule has 46 heavy (non-hydrogen) atoms. The molecule has 0 radical (unpaired) electrons. The van der Waals surface area contributed by atoms with E-state index in [1.54, 1.807) is 64.4 Å². The van der Waals surface area contributed by atoms with Gasteiger partial charge < -0.3 is 15.5 Å². The lowest BCUT2D eigenvalue weighted by Gasteiger charge is -2.18. The summed E-state index contributed by atoms with van der Waals surface area (Å²) in [6, 6.07) is 19.0. The molecule has 0 fully saturated rings. The SMILES string of the molecule is Cc1c(-c2nccc3cnc(Nc4ccc(S(=O)(=O)Nc5cccc(C(C)(C)O)n5)cc4)cc23)ccc2c1cnn2CC(C)(C)O. The van der Waals surface area contributed by atoms with Gasteiger partial charge in [0.05, 0.1) is 40.1 Å². The van der Waals surface area contributed by atoms with Crippen molar-refractivity contribution in [3.05, 3.63) is 96.6 Å². The van der Waals surface area contributed by atoms with Gasteiger partial charge in [0.15, 0.2) is 0 Å². The number of pyridine rings is 3. The summed E-state index contributed by atoms with van der Waals surface area (Å²) in [5, 5.41) is 31.1. The van der Waals surface area contributed by atoms with Crippen molar-refractivity contribution in [2.24, 2.45) is 0 Å². The molecule has 0 saturated carbocycles. The van der Waals surface area contributed by atoms with Crippen LogP contribution >= 0.6 is 0 Å². The molecular formula is C34H35N7O4S. The van der Waals surface area contributed by atoms with E-state index >= 15 is 0 Å². The molecule has 0 aliphatic heterocycles. The second-order valence-electron chi connectivity index (χ2n) is 12.5. The molecule has 236 valence electrons. The number of aryl methyl sites for hydroxylation is 1. The van der Waals surface area contributed by atoms with Crippen LogP contribution in [0.1, 0.15) is 39.0 Å². The fraction of sp³-hybridized carbons (Fsp3) is 0.235. The lowest BCUT2D eigenvalue weighted by atomic mass is 9.98. The summed E-state index contributed by atoms with van der Waals surface area (Å²) in [4.78, 5) is 13.6. The number of nitrogens with zero attached hydrogens (tertiary/aromatic N) is 5. The van der Waals surface area contributed by atoms with Crippen LogP contribution in [0.15, 0.2) is 90.2 Å². The Bertz CT molecular complexity index is 2180. The number of benzene rings is 2. The largest absolute Gasteiger partial charge is 0.389 e. The summed E-state index contributed by atoms with van der Waals surface area (Å²) >= 11 is 0. The zero-order valence-electron chi connectivity index (χ0n) is 26.1. The van der Waals surface area contributed by atoms with Gasteiger partial charge in [-0.25, -0.2) is 18.4 Å². The standard InChI is InChI=1S/C34H35N7O4S/c1-21-25(13-14-28-27(21)19-37-41(28)20-33(2,3)42)32-26-17-31(36-18-22(26)15-16-35-32)38-23-9-11-24(12-10-23)46(44,45)40-30-8-6-7-29(39-30)34(4,5)43/h6-19,42-43H,20H2,1-5H3,(H,36,38)(H,39,40). The minimum Gasteiger partial charge on any atom is -0.389 e. The van der Waals surface area contributed by atoms with Gasteiger partial charge in [-0.3, -0.25) is 14.4 Å². The van der Waals surface area contributed by atoms with Gasteiger partial charge in [0.1, 0.15) is 17.2 Å². The number of fused-ring (bicyclic) bond motifs is 2. The second kappa shape index (κ2) is 11.5. The third-order valence-electron chi connectivity index (χ3n) is 7.59. The summed E-state index contributed by atoms with van der Waals surface area (Å²) < 4.78 is 30.4. The van der Waals surface area contributed by atoms with Gasteiger partial charge in [-0.05, 0) is 94.8 Å². The third kappa shape index (κ3) is 6.41. The predicted molar refractivity (Wildman–Crippen MR) is 179 cm³/mol. The van der Waals surface area contributed by atoms with Crippen molar-refractivity contribution in [3.8, 4) is 11.3 Å². The van der Waals surface area contributed by atoms with E-state index in [0.717, 1.165) is 38.5 Å². The maximum Gasteiger partial charge on any atom is 0.263 e. The van der Waals surface area contributed by atoms with Crippen molar-refractivity contribution >= 4 is 49.0 Å². The number of hydrogen-bond acceptors (Lipinski definition) is 9. The van der Waals surface area contributed by atoms with Crippen molar-refractivity contribution in [2.75, 3.05) is 10.0 Å². The molecule has 0 spiro atoms. The van der Waals surface area contributed by atoms with Crippen LogP contribution in [0.4, 0.5) is 17.3 Å². The number of nitrogens with one attached hydrogen (secondary N) is 2. The number of rotatable bonds is 9. The van der Waals surface area contributed by atoms with E-state index in [1.807, 2.05) is 42.1 Å². The van der Waals surface area contributed by atoms with Crippen molar-refractivity contribution in [1.82, 2.24) is 24.7 Å². The van der Waals surface area contributed by atoms with Crippen molar-refractivity contribution < 1.29 is 18.6 Å². The topological polar surface area (TPSA) is 155 Å². The van der Waals surface area contributed by atoms with Gasteiger partial charge in [-0.1, -0.05) is 12.1 Å². The average Bonchev–Trinajstić information content (AvgIpc) is 3.39. The molecule has 0 amide bonds. The first-order chi connectivity index (χ1) is 21.7. The van der Waals surface area contributed by atoms with Crippen LogP contribution in [-0.4, -0.2) is 49.0 Å². The number of sulfonamides is 1. The Labute approximate surface area is 267 Å². The summed E-state index contributed by atoms with van der Waals surface area (Å²) in [6.07, 6.45) is 5.36. The first-order valence-corrected chi connectivity index (χ1v) is 16.2. The van der Waals surface area contributed by atoms with Crippen LogP contribution in [0.3, 0.4) is 0 Å². The van der Waals surface area contributed by atoms with E-state index in [0.29, 0.717) is 23.7 Å². The highest BCUT2D eigenvalue weighted by atomic mass is 32.2. The molecular weight excluding hydrogens is 602 g/mol. The number of aliphatic hydroxyl groups is 2. The van der Waals surface area contributed by atoms with Crippen LogP contribution in [0, 0.1) is 6.92 Å². The maximum atomic E-state index is 13.1. The van der Waals surface area contributed by atoms with E-state index in [1.165, 1.54) is 18.2 Å². The van der Waals surface area contributed by atoms with Crippen molar-refractivity contribution in [1.29, 1.82) is 0 Å². The Morgan fingerprint density at radius 2 is 1.63 bits per heavy atom. The fourth-order valence-electron chi connectivity index (χ4n) is 5.28. The Balaban J connectivity index is 1.26. The Morgan fingerprint density at radius 3 is 2.35 bits per heavy atom. The molecule has 0 unspecified atom stereocenters. The molecule has 12 heteroatoms. The minimum atomic E-state index is -3.92. The molecule has 4 heterocycles. The smallest absolute Gasteiger partial charge is 0.263 e. The van der Waals surface area contributed by atoms with Gasteiger partial charge >= 0.3 is 0 Å². The molecule has 0 atom stereocenters. The monoisotopic (exact) mass is 637 g/mol. The summed E-state index contributed by atoms with van der Waals surface area (Å²) in [7, 11) is -3.92. The van der Waals surface area contributed by atoms with E-state index in [-0.39, 0.29) is 10.7 Å². The van der Waals surface area contributed by atoms with Crippen LogP contribution in [0.2, 0.25) is 0 Å². The van der Waals surface area contributed by atoms with E-state index in [4.69, 9.17) is 4.98 Å². The quantitative estimate of drug-likeness (QED) is 0.152. The molecule has 0 saturated heterocycles. The summed E-state index contributed by atoms with van der Waals surface area (Å²) in [6.45, 7) is 9.10. The van der Waals surface area contributed by atoms with Crippen LogP contribution in [0.25, 0.3) is 32.9 Å². The molecule has 0 aliphatic rings. The van der Waals surface area contributed by atoms with Crippen LogP contribution < -0.4 is 10.0 Å². The summed E-state index contributed by atoms with van der Waals surface area (Å²) in [5.41, 5.74) is 2.61. The van der Waals surface area contributed by atoms with Crippen LogP contribution in [-0.2, 0) is 22.2 Å². The number of aromatic nitrogens is 5. The highest BCUT2D eigenvalue weighted by Crippen LogP contribution is 2.34. The first-order valence-electron chi connectivity index (χ1n) is 14.7. The predicted octanol–water partition coefficient (Wildman–Crippen LogP) is 5.89. The number of anilines is 3. The summed E-state index contributed by atoms with van der Waals surface area (Å²) in [5.74, 6) is 0.684. The molecule has 4 N–H and O–H groups in total. The average molecular weight is 638 g/mol. The molecule has 0 bridgehead atoms. The van der Waals surface area contributed by atoms with E-state index in [2.05, 4.69) is 25.1 Å². The zero-order valence-corrected chi connectivity index (χ0v) is 27.0. The second-order valence-corrected chi connectivity index (χ2v) is 14.1. The Kier molecular flexibility index (Phi) is 7.75. The fourth-order valence-corrected chi connectivity index (χ4v) is 6.28. The Morgan fingerprint density at radius 1 is 0.870 bits per heavy atom. The Hall–Kier alpha value is -4.91. The highest BCUT2D eigenvalue weighted by Gasteiger charge is 2.21. The zero-order chi connectivity index (χ0) is 32.9. The molecule has 11 nitrogen and oxygen atoms in total. The minimum absolute atomic E-state index is 0.0585. The van der Waals surface area contributed by atoms with Gasteiger partial charge in [-0.15, -0.1) is 0 Å². The molecule has 2 aromatic carbocycles. The molecule has 0 aliphatic carbocycles. The van der Waals surface area contributed by atoms with Gasteiger partial charge in [0.25, 0.3) is 10.0 Å². The van der Waals surface area contributed by atoms with E-state index < -0.39 is 21.2 Å². The number of hydrogen-bond donors (Lipinski definition) is 4. The normalized spacial score (nSPS) is 12.5. The molecule has 6 rings (SSSR count). The lowest BCUT2D eigenvalue weighted by Crippen LogP contribution is -2.26. The van der Waals surface area contributed by atoms with Gasteiger partial charge in [-0.2, -0.15) is 5.10 Å². The lowest BCUT2D eigenvalue weighted by molar-refractivity contribution is 0.0591. The maximum absolute atomic E-state index is 13.1. The van der Waals surface area contributed by atoms with Crippen molar-refractivity contribution in [3.63, 3.8) is 0 Å². The van der Waals surface area contributed by atoms with Gasteiger partial charge in [0.2, 0.25) is 0 Å². The molecule has 6 aromatic rings. The van der Waals surface area contributed by atoms with Crippen molar-refractivity contribution in [2.45, 2.75) is 57.3 Å². The van der Waals surface area contributed by atoms with Gasteiger partial charge in [0, 0.05) is 39.8 Å². The first kappa shape index (κ1) is 31.1. The van der Waals surface area contributed by atoms with Crippen LogP contribution in [0.5, 0.6) is 0 Å². The molecule has 4 aromatic heterocycles. The third-order valence-corrected chi connectivity index (χ3v) is 8.96. The highest BCUT2D eigenvalue weighted by molar-refractivity contribution is 7.92.